The lowest BCUT2D eigenvalue weighted by atomic mass is 9.95. The molecule has 5 nitrogen and oxygen atoms in total. The van der Waals surface area contributed by atoms with E-state index in [2.05, 4.69) is 6.92 Å². The van der Waals surface area contributed by atoms with E-state index in [1.807, 2.05) is 6.92 Å². The van der Waals surface area contributed by atoms with Crippen LogP contribution in [0.4, 0.5) is 0 Å². The Hall–Kier alpha value is -1.01. The molecule has 0 spiro atoms. The molecule has 0 radical (unpaired) electrons. The molecule has 2 unspecified atom stereocenters. The van der Waals surface area contributed by atoms with E-state index in [1.54, 1.807) is 4.90 Å². The molecule has 1 saturated heterocycles. The third kappa shape index (κ3) is 3.01. The third-order valence-corrected chi connectivity index (χ3v) is 5.15. The Balaban J connectivity index is 2.30. The van der Waals surface area contributed by atoms with Gasteiger partial charge in [-0.25, -0.2) is 8.42 Å². The average Bonchev–Trinajstić information content (AvgIpc) is 2.73. The van der Waals surface area contributed by atoms with Gasteiger partial charge < -0.3 is 9.32 Å². The fourth-order valence-electron chi connectivity index (χ4n) is 2.53. The highest BCUT2D eigenvalue weighted by molar-refractivity contribution is 8.13. The normalized spacial score (nSPS) is 23.9. The summed E-state index contributed by atoms with van der Waals surface area (Å²) in [5.74, 6) is 0.324. The number of likely N-dealkylation sites (tertiary alicyclic amines) is 1. The number of halogens is 1. The zero-order chi connectivity index (χ0) is 15.1. The highest BCUT2D eigenvalue weighted by Crippen LogP contribution is 2.27. The van der Waals surface area contributed by atoms with Crippen molar-refractivity contribution in [2.45, 2.75) is 44.6 Å². The standard InChI is InChI=1S/C13H18ClNO4S/c1-8-4-5-9(2)15(7-8)13(16)11-6-12(10(3)19-11)20(14,17)18/h6,8-9H,4-5,7H2,1-3H3. The lowest BCUT2D eigenvalue weighted by molar-refractivity contribution is 0.0540. The van der Waals surface area contributed by atoms with Gasteiger partial charge in [0, 0.05) is 29.3 Å². The molecule has 1 aliphatic rings. The van der Waals surface area contributed by atoms with Crippen LogP contribution in [0.3, 0.4) is 0 Å². The van der Waals surface area contributed by atoms with E-state index in [1.165, 1.54) is 13.0 Å². The van der Waals surface area contributed by atoms with Gasteiger partial charge in [-0.2, -0.15) is 0 Å². The predicted octanol–water partition coefficient (Wildman–Crippen LogP) is 2.78. The third-order valence-electron chi connectivity index (χ3n) is 3.72. The summed E-state index contributed by atoms with van der Waals surface area (Å²) in [4.78, 5) is 14.0. The first-order chi connectivity index (χ1) is 9.20. The molecule has 0 N–H and O–H groups in total. The van der Waals surface area contributed by atoms with Crippen LogP contribution < -0.4 is 0 Å². The van der Waals surface area contributed by atoms with Gasteiger partial charge in [0.25, 0.3) is 15.0 Å². The number of nitrogens with zero attached hydrogens (tertiary/aromatic N) is 1. The van der Waals surface area contributed by atoms with Crippen molar-refractivity contribution in [3.63, 3.8) is 0 Å². The number of furan rings is 1. The van der Waals surface area contributed by atoms with Crippen molar-refractivity contribution in [2.24, 2.45) is 5.92 Å². The molecule has 0 saturated carbocycles. The summed E-state index contributed by atoms with van der Waals surface area (Å²) in [6.07, 6.45) is 2.02. The van der Waals surface area contributed by atoms with E-state index in [0.717, 1.165) is 12.8 Å². The molecule has 20 heavy (non-hydrogen) atoms. The van der Waals surface area contributed by atoms with Crippen LogP contribution in [-0.4, -0.2) is 31.8 Å². The molecule has 1 fully saturated rings. The molecule has 1 aliphatic heterocycles. The summed E-state index contributed by atoms with van der Waals surface area (Å²) >= 11 is 0. The largest absolute Gasteiger partial charge is 0.455 e. The molecule has 2 rings (SSSR count). The molecule has 0 aliphatic carbocycles. The van der Waals surface area contributed by atoms with Gasteiger partial charge in [0.15, 0.2) is 5.76 Å². The number of hydrogen-bond donors (Lipinski definition) is 0. The molecule has 1 aromatic rings. The van der Waals surface area contributed by atoms with E-state index in [4.69, 9.17) is 15.1 Å². The van der Waals surface area contributed by atoms with Gasteiger partial charge in [-0.05, 0) is 32.6 Å². The van der Waals surface area contributed by atoms with E-state index in [0.29, 0.717) is 12.5 Å². The summed E-state index contributed by atoms with van der Waals surface area (Å²) in [7, 11) is 1.41. The summed E-state index contributed by atoms with van der Waals surface area (Å²) in [6.45, 7) is 6.21. The first kappa shape index (κ1) is 15.4. The number of hydrogen-bond acceptors (Lipinski definition) is 4. The van der Waals surface area contributed by atoms with E-state index < -0.39 is 9.05 Å². The minimum absolute atomic E-state index is 0.0303. The van der Waals surface area contributed by atoms with Crippen LogP contribution in [0.25, 0.3) is 0 Å². The topological polar surface area (TPSA) is 67.6 Å². The lowest BCUT2D eigenvalue weighted by Crippen LogP contribution is -2.44. The number of aryl methyl sites for hydroxylation is 1. The first-order valence-electron chi connectivity index (χ1n) is 6.56. The molecule has 1 amide bonds. The summed E-state index contributed by atoms with van der Waals surface area (Å²) in [6, 6.07) is 1.34. The molecular formula is C13H18ClNO4S. The number of piperidine rings is 1. The second-order valence-electron chi connectivity index (χ2n) is 5.46. The lowest BCUT2D eigenvalue weighted by Gasteiger charge is -2.36. The Morgan fingerprint density at radius 2 is 2.05 bits per heavy atom. The van der Waals surface area contributed by atoms with Crippen molar-refractivity contribution >= 4 is 25.6 Å². The van der Waals surface area contributed by atoms with E-state index >= 15 is 0 Å². The monoisotopic (exact) mass is 319 g/mol. The summed E-state index contributed by atoms with van der Waals surface area (Å²) in [5.41, 5.74) is 0. The van der Waals surface area contributed by atoms with Crippen molar-refractivity contribution in [1.29, 1.82) is 0 Å². The van der Waals surface area contributed by atoms with Gasteiger partial charge >= 0.3 is 0 Å². The SMILES string of the molecule is Cc1oc(C(=O)N2CC(C)CCC2C)cc1S(=O)(=O)Cl. The van der Waals surface area contributed by atoms with Gasteiger partial charge in [0.1, 0.15) is 10.7 Å². The smallest absolute Gasteiger partial charge is 0.289 e. The number of carbonyl (C=O) groups is 1. The van der Waals surface area contributed by atoms with Gasteiger partial charge in [-0.15, -0.1) is 0 Å². The number of rotatable bonds is 2. The van der Waals surface area contributed by atoms with Crippen LogP contribution in [0.2, 0.25) is 0 Å². The average molecular weight is 320 g/mol. The zero-order valence-corrected chi connectivity index (χ0v) is 13.3. The van der Waals surface area contributed by atoms with Crippen molar-refractivity contribution in [3.8, 4) is 0 Å². The quantitative estimate of drug-likeness (QED) is 0.786. The van der Waals surface area contributed by atoms with Crippen LogP contribution in [0, 0.1) is 12.8 Å². The van der Waals surface area contributed by atoms with E-state index in [-0.39, 0.29) is 28.4 Å². The Kier molecular flexibility index (Phi) is 4.16. The predicted molar refractivity (Wildman–Crippen MR) is 75.4 cm³/mol. The Morgan fingerprint density at radius 1 is 1.40 bits per heavy atom. The zero-order valence-electron chi connectivity index (χ0n) is 11.7. The first-order valence-corrected chi connectivity index (χ1v) is 8.87. The van der Waals surface area contributed by atoms with Crippen LogP contribution in [0.5, 0.6) is 0 Å². The number of amides is 1. The maximum Gasteiger partial charge on any atom is 0.289 e. The van der Waals surface area contributed by atoms with Crippen LogP contribution in [-0.2, 0) is 9.05 Å². The molecule has 0 aromatic carbocycles. The summed E-state index contributed by atoms with van der Waals surface area (Å²) < 4.78 is 28.0. The van der Waals surface area contributed by atoms with Crippen molar-refractivity contribution in [3.05, 3.63) is 17.6 Å². The van der Waals surface area contributed by atoms with Gasteiger partial charge in [-0.3, -0.25) is 4.79 Å². The molecule has 0 bridgehead atoms. The van der Waals surface area contributed by atoms with Gasteiger partial charge in [0.05, 0.1) is 0 Å². The van der Waals surface area contributed by atoms with Crippen LogP contribution >= 0.6 is 10.7 Å². The van der Waals surface area contributed by atoms with Crippen molar-refractivity contribution in [1.82, 2.24) is 4.90 Å². The second-order valence-corrected chi connectivity index (χ2v) is 7.99. The van der Waals surface area contributed by atoms with E-state index in [9.17, 15) is 13.2 Å². The fraction of sp³-hybridized carbons (Fsp3) is 0.615. The van der Waals surface area contributed by atoms with Crippen molar-refractivity contribution in [2.75, 3.05) is 6.54 Å². The van der Waals surface area contributed by atoms with Crippen molar-refractivity contribution < 1.29 is 17.6 Å². The molecular weight excluding hydrogens is 302 g/mol. The maximum atomic E-state index is 12.4. The van der Waals surface area contributed by atoms with Gasteiger partial charge in [0.2, 0.25) is 0 Å². The molecule has 1 aromatic heterocycles. The second kappa shape index (κ2) is 5.41. The minimum Gasteiger partial charge on any atom is -0.455 e. The summed E-state index contributed by atoms with van der Waals surface area (Å²) in [5, 5.41) is 0. The molecule has 2 heterocycles. The minimum atomic E-state index is -3.89. The Labute approximate surface area is 123 Å². The van der Waals surface area contributed by atoms with Gasteiger partial charge in [-0.1, -0.05) is 6.92 Å². The molecule has 7 heteroatoms. The number of carbonyl (C=O) groups excluding carboxylic acids is 1. The maximum absolute atomic E-state index is 12.4. The van der Waals surface area contributed by atoms with Crippen LogP contribution in [0.15, 0.2) is 15.4 Å². The molecule has 2 atom stereocenters. The molecule has 112 valence electrons. The van der Waals surface area contributed by atoms with Crippen LogP contribution in [0.1, 0.15) is 43.0 Å². The Bertz CT molecular complexity index is 622. The Morgan fingerprint density at radius 3 is 2.60 bits per heavy atom. The fourth-order valence-corrected chi connectivity index (χ4v) is 3.62. The highest BCUT2D eigenvalue weighted by atomic mass is 35.7. The highest BCUT2D eigenvalue weighted by Gasteiger charge is 2.31.